The van der Waals surface area contributed by atoms with Gasteiger partial charge in [-0.2, -0.15) is 0 Å². The fourth-order valence-corrected chi connectivity index (χ4v) is 3.67. The van der Waals surface area contributed by atoms with Gasteiger partial charge in [0.2, 0.25) is 17.7 Å². The first-order valence-corrected chi connectivity index (χ1v) is 10.6. The topological polar surface area (TPSA) is 80.9 Å². The van der Waals surface area contributed by atoms with Crippen LogP contribution in [0.15, 0.2) is 52.3 Å². The van der Waals surface area contributed by atoms with Crippen molar-refractivity contribution in [2.24, 2.45) is 0 Å². The molecule has 0 radical (unpaired) electrons. The van der Waals surface area contributed by atoms with Gasteiger partial charge in [0.05, 0.1) is 5.69 Å². The monoisotopic (exact) mass is 418 g/mol. The van der Waals surface area contributed by atoms with Gasteiger partial charge in [0, 0.05) is 29.3 Å². The predicted molar refractivity (Wildman–Crippen MR) is 118 cm³/mol. The van der Waals surface area contributed by atoms with Crippen LogP contribution in [0.5, 0.6) is 0 Å². The molecule has 6 nitrogen and oxygen atoms in total. The van der Waals surface area contributed by atoms with Crippen LogP contribution in [0.4, 0.5) is 5.13 Å². The van der Waals surface area contributed by atoms with E-state index in [4.69, 9.17) is 4.42 Å². The van der Waals surface area contributed by atoms with Gasteiger partial charge in [-0.3, -0.25) is 4.79 Å². The summed E-state index contributed by atoms with van der Waals surface area (Å²) < 4.78 is 5.68. The van der Waals surface area contributed by atoms with Crippen molar-refractivity contribution in [1.29, 1.82) is 0 Å². The van der Waals surface area contributed by atoms with E-state index in [0.29, 0.717) is 23.3 Å². The summed E-state index contributed by atoms with van der Waals surface area (Å²) in [5, 5.41) is 13.5. The van der Waals surface area contributed by atoms with Crippen molar-refractivity contribution in [3.8, 4) is 22.7 Å². The number of carbonyl (C=O) groups excluding carboxylic acids is 1. The van der Waals surface area contributed by atoms with Gasteiger partial charge in [-0.1, -0.05) is 29.8 Å². The van der Waals surface area contributed by atoms with Crippen LogP contribution in [0.2, 0.25) is 0 Å². The molecule has 30 heavy (non-hydrogen) atoms. The Morgan fingerprint density at radius 1 is 1.00 bits per heavy atom. The van der Waals surface area contributed by atoms with Crippen LogP contribution in [0.1, 0.15) is 29.0 Å². The Morgan fingerprint density at radius 2 is 1.77 bits per heavy atom. The van der Waals surface area contributed by atoms with Gasteiger partial charge < -0.3 is 9.73 Å². The standard InChI is InChI=1S/C23H22N4O2S/c1-14-4-7-17(8-5-14)22-27-26-21(29-22)11-10-20(28)25-23-24-19(13-30-23)18-9-6-15(2)16(3)12-18/h4-9,12-13H,10-11H2,1-3H3,(H,24,25,28). The van der Waals surface area contributed by atoms with E-state index in [9.17, 15) is 4.79 Å². The fourth-order valence-electron chi connectivity index (χ4n) is 2.93. The number of nitrogens with zero attached hydrogens (tertiary/aromatic N) is 3. The number of aromatic nitrogens is 3. The Morgan fingerprint density at radius 3 is 2.53 bits per heavy atom. The summed E-state index contributed by atoms with van der Waals surface area (Å²) >= 11 is 1.41. The minimum atomic E-state index is -0.133. The third-order valence-corrected chi connectivity index (χ3v) is 5.64. The van der Waals surface area contributed by atoms with E-state index in [1.165, 1.54) is 22.5 Å². The Hall–Kier alpha value is -3.32. The second kappa shape index (κ2) is 8.59. The largest absolute Gasteiger partial charge is 0.421 e. The number of rotatable bonds is 6. The number of aryl methyl sites for hydroxylation is 4. The molecule has 4 rings (SSSR count). The average Bonchev–Trinajstić information content (AvgIpc) is 3.39. The molecule has 0 atom stereocenters. The zero-order valence-electron chi connectivity index (χ0n) is 17.1. The zero-order chi connectivity index (χ0) is 21.1. The smallest absolute Gasteiger partial charge is 0.247 e. The van der Waals surface area contributed by atoms with Crippen molar-refractivity contribution >= 4 is 22.4 Å². The second-order valence-corrected chi connectivity index (χ2v) is 8.11. The quantitative estimate of drug-likeness (QED) is 0.456. The van der Waals surface area contributed by atoms with Crippen LogP contribution >= 0.6 is 11.3 Å². The number of nitrogens with one attached hydrogen (secondary N) is 1. The first-order valence-electron chi connectivity index (χ1n) is 9.70. The highest BCUT2D eigenvalue weighted by Gasteiger charge is 2.12. The maximum Gasteiger partial charge on any atom is 0.247 e. The number of carbonyl (C=O) groups is 1. The molecule has 0 spiro atoms. The van der Waals surface area contributed by atoms with Gasteiger partial charge >= 0.3 is 0 Å². The first kappa shape index (κ1) is 20.0. The number of anilines is 1. The third-order valence-electron chi connectivity index (χ3n) is 4.88. The molecule has 0 bridgehead atoms. The number of hydrogen-bond donors (Lipinski definition) is 1. The maximum atomic E-state index is 12.3. The van der Waals surface area contributed by atoms with Crippen LogP contribution in [0.3, 0.4) is 0 Å². The van der Waals surface area contributed by atoms with E-state index < -0.39 is 0 Å². The van der Waals surface area contributed by atoms with Crippen molar-refractivity contribution < 1.29 is 9.21 Å². The molecule has 2 aromatic heterocycles. The molecule has 0 saturated carbocycles. The summed E-state index contributed by atoms with van der Waals surface area (Å²) in [6, 6.07) is 14.1. The number of amides is 1. The number of hydrogen-bond acceptors (Lipinski definition) is 6. The minimum absolute atomic E-state index is 0.133. The minimum Gasteiger partial charge on any atom is -0.421 e. The number of thiazole rings is 1. The van der Waals surface area contributed by atoms with E-state index in [1.54, 1.807) is 0 Å². The molecule has 0 unspecified atom stereocenters. The molecule has 0 saturated heterocycles. The van der Waals surface area contributed by atoms with E-state index >= 15 is 0 Å². The zero-order valence-corrected chi connectivity index (χ0v) is 17.9. The van der Waals surface area contributed by atoms with Crippen LogP contribution in [0.25, 0.3) is 22.7 Å². The summed E-state index contributed by atoms with van der Waals surface area (Å²) in [4.78, 5) is 16.8. The molecule has 2 heterocycles. The molecule has 0 aliphatic rings. The molecule has 7 heteroatoms. The fraction of sp³-hybridized carbons (Fsp3) is 0.217. The third kappa shape index (κ3) is 4.63. The Bertz CT molecular complexity index is 1180. The summed E-state index contributed by atoms with van der Waals surface area (Å²) in [6.45, 7) is 6.18. The lowest BCUT2D eigenvalue weighted by atomic mass is 10.1. The van der Waals surface area contributed by atoms with E-state index in [-0.39, 0.29) is 12.3 Å². The Kier molecular flexibility index (Phi) is 5.72. The Balaban J connectivity index is 1.34. The maximum absolute atomic E-state index is 12.3. The molecule has 1 amide bonds. The molecule has 152 valence electrons. The van der Waals surface area contributed by atoms with Crippen molar-refractivity contribution in [3.05, 3.63) is 70.4 Å². The average molecular weight is 419 g/mol. The van der Waals surface area contributed by atoms with E-state index in [1.807, 2.05) is 42.6 Å². The summed E-state index contributed by atoms with van der Waals surface area (Å²) in [7, 11) is 0. The van der Waals surface area contributed by atoms with Crippen molar-refractivity contribution in [2.45, 2.75) is 33.6 Å². The van der Waals surface area contributed by atoms with E-state index in [0.717, 1.165) is 22.4 Å². The summed E-state index contributed by atoms with van der Waals surface area (Å²) in [6.07, 6.45) is 0.619. The Labute approximate surface area is 179 Å². The van der Waals surface area contributed by atoms with Crippen LogP contribution in [-0.2, 0) is 11.2 Å². The molecule has 0 fully saturated rings. The molecular weight excluding hydrogens is 396 g/mol. The lowest BCUT2D eigenvalue weighted by Crippen LogP contribution is -2.12. The summed E-state index contributed by atoms with van der Waals surface area (Å²) in [5.41, 5.74) is 6.40. The molecular formula is C23H22N4O2S. The van der Waals surface area contributed by atoms with Crippen molar-refractivity contribution in [2.75, 3.05) is 5.32 Å². The SMILES string of the molecule is Cc1ccc(-c2nnc(CCC(=O)Nc3nc(-c4ccc(C)c(C)c4)cs3)o2)cc1. The van der Waals surface area contributed by atoms with Crippen LogP contribution < -0.4 is 5.32 Å². The van der Waals surface area contributed by atoms with Crippen LogP contribution in [-0.4, -0.2) is 21.1 Å². The molecule has 0 aliphatic carbocycles. The molecule has 0 aliphatic heterocycles. The van der Waals surface area contributed by atoms with Gasteiger partial charge in [-0.25, -0.2) is 4.98 Å². The van der Waals surface area contributed by atoms with Gasteiger partial charge in [0.15, 0.2) is 5.13 Å². The van der Waals surface area contributed by atoms with Crippen molar-refractivity contribution in [3.63, 3.8) is 0 Å². The van der Waals surface area contributed by atoms with Crippen LogP contribution in [0, 0.1) is 20.8 Å². The van der Waals surface area contributed by atoms with Gasteiger partial charge in [0.1, 0.15) is 0 Å². The highest BCUT2D eigenvalue weighted by molar-refractivity contribution is 7.14. The van der Waals surface area contributed by atoms with Gasteiger partial charge in [-0.15, -0.1) is 21.5 Å². The molecule has 1 N–H and O–H groups in total. The lowest BCUT2D eigenvalue weighted by Gasteiger charge is -2.02. The number of benzene rings is 2. The van der Waals surface area contributed by atoms with Gasteiger partial charge in [-0.05, 0) is 50.1 Å². The summed E-state index contributed by atoms with van der Waals surface area (Å²) in [5.74, 6) is 0.769. The second-order valence-electron chi connectivity index (χ2n) is 7.25. The molecule has 2 aromatic carbocycles. The van der Waals surface area contributed by atoms with Crippen molar-refractivity contribution in [1.82, 2.24) is 15.2 Å². The van der Waals surface area contributed by atoms with E-state index in [2.05, 4.69) is 46.5 Å². The first-order chi connectivity index (χ1) is 14.5. The predicted octanol–water partition coefficient (Wildman–Crippen LogP) is 5.36. The van der Waals surface area contributed by atoms with Gasteiger partial charge in [0.25, 0.3) is 0 Å². The highest BCUT2D eigenvalue weighted by atomic mass is 32.1. The normalized spacial score (nSPS) is 10.9. The molecule has 4 aromatic rings. The lowest BCUT2D eigenvalue weighted by molar-refractivity contribution is -0.116. The highest BCUT2D eigenvalue weighted by Crippen LogP contribution is 2.26.